The normalized spacial score (nSPS) is 22.5. The fourth-order valence-corrected chi connectivity index (χ4v) is 3.51. The molecule has 0 unspecified atom stereocenters. The Morgan fingerprint density at radius 1 is 1.36 bits per heavy atom. The molecule has 1 aliphatic carbocycles. The number of hydrogen-bond donors (Lipinski definition) is 0. The van der Waals surface area contributed by atoms with Gasteiger partial charge in [0.25, 0.3) is 0 Å². The average Bonchev–Trinajstić information content (AvgIpc) is 3.33. The van der Waals surface area contributed by atoms with Gasteiger partial charge in [-0.3, -0.25) is 9.69 Å². The molecule has 0 spiro atoms. The number of amides is 1. The minimum absolute atomic E-state index is 0.114. The fourth-order valence-electron chi connectivity index (χ4n) is 3.51. The summed E-state index contributed by atoms with van der Waals surface area (Å²) >= 11 is 0. The molecule has 3 rings (SSSR count). The van der Waals surface area contributed by atoms with Gasteiger partial charge in [-0.05, 0) is 56.8 Å². The van der Waals surface area contributed by atoms with Gasteiger partial charge in [0, 0.05) is 25.7 Å². The molecule has 22 heavy (non-hydrogen) atoms. The van der Waals surface area contributed by atoms with Crippen LogP contribution in [0.3, 0.4) is 0 Å². The molecule has 0 N–H and O–H groups in total. The van der Waals surface area contributed by atoms with E-state index in [1.54, 1.807) is 12.1 Å². The SMILES string of the molecule is CCN(C(=O)[C@@H]1CCCN(Cc2cccc(F)c2)C1)C1CC1. The molecule has 1 saturated heterocycles. The van der Waals surface area contributed by atoms with Crippen molar-refractivity contribution in [2.45, 2.75) is 45.2 Å². The third kappa shape index (κ3) is 3.67. The van der Waals surface area contributed by atoms with Crippen LogP contribution in [0.4, 0.5) is 4.39 Å². The molecule has 1 atom stereocenters. The lowest BCUT2D eigenvalue weighted by Gasteiger charge is -2.35. The van der Waals surface area contributed by atoms with E-state index >= 15 is 0 Å². The molecule has 0 bridgehead atoms. The molecule has 1 aromatic carbocycles. The monoisotopic (exact) mass is 304 g/mol. The molecule has 1 aliphatic heterocycles. The van der Waals surface area contributed by atoms with E-state index in [0.29, 0.717) is 11.9 Å². The van der Waals surface area contributed by atoms with Crippen molar-refractivity contribution in [2.24, 2.45) is 5.92 Å². The Labute approximate surface area is 132 Å². The van der Waals surface area contributed by atoms with E-state index in [1.165, 1.54) is 18.9 Å². The van der Waals surface area contributed by atoms with E-state index in [9.17, 15) is 9.18 Å². The number of nitrogens with zero attached hydrogens (tertiary/aromatic N) is 2. The van der Waals surface area contributed by atoms with Crippen molar-refractivity contribution < 1.29 is 9.18 Å². The topological polar surface area (TPSA) is 23.6 Å². The molecule has 1 heterocycles. The fraction of sp³-hybridized carbons (Fsp3) is 0.611. The van der Waals surface area contributed by atoms with Gasteiger partial charge >= 0.3 is 0 Å². The van der Waals surface area contributed by atoms with Crippen molar-refractivity contribution in [3.63, 3.8) is 0 Å². The van der Waals surface area contributed by atoms with Crippen molar-refractivity contribution in [2.75, 3.05) is 19.6 Å². The predicted molar refractivity (Wildman–Crippen MR) is 84.8 cm³/mol. The van der Waals surface area contributed by atoms with Crippen molar-refractivity contribution in [3.8, 4) is 0 Å². The second-order valence-corrected chi connectivity index (χ2v) is 6.56. The first kappa shape index (κ1) is 15.5. The highest BCUT2D eigenvalue weighted by atomic mass is 19.1. The smallest absolute Gasteiger partial charge is 0.227 e. The van der Waals surface area contributed by atoms with Crippen LogP contribution in [0.2, 0.25) is 0 Å². The number of hydrogen-bond acceptors (Lipinski definition) is 2. The lowest BCUT2D eigenvalue weighted by atomic mass is 9.96. The maximum Gasteiger partial charge on any atom is 0.227 e. The first-order valence-electron chi connectivity index (χ1n) is 8.44. The van der Waals surface area contributed by atoms with E-state index in [2.05, 4.69) is 16.7 Å². The lowest BCUT2D eigenvalue weighted by molar-refractivity contribution is -0.137. The Hall–Kier alpha value is -1.42. The maximum atomic E-state index is 13.3. The van der Waals surface area contributed by atoms with Crippen LogP contribution in [0.25, 0.3) is 0 Å². The van der Waals surface area contributed by atoms with Crippen molar-refractivity contribution >= 4 is 5.91 Å². The van der Waals surface area contributed by atoms with E-state index in [1.807, 2.05) is 6.07 Å². The van der Waals surface area contributed by atoms with E-state index in [0.717, 1.165) is 44.6 Å². The van der Waals surface area contributed by atoms with Gasteiger partial charge in [-0.15, -0.1) is 0 Å². The largest absolute Gasteiger partial charge is 0.340 e. The van der Waals surface area contributed by atoms with E-state index < -0.39 is 0 Å². The van der Waals surface area contributed by atoms with Gasteiger partial charge in [0.2, 0.25) is 5.91 Å². The van der Waals surface area contributed by atoms with Crippen LogP contribution in [0.15, 0.2) is 24.3 Å². The van der Waals surface area contributed by atoms with Crippen molar-refractivity contribution in [3.05, 3.63) is 35.6 Å². The van der Waals surface area contributed by atoms with Crippen LogP contribution >= 0.6 is 0 Å². The Bertz CT molecular complexity index is 530. The molecule has 120 valence electrons. The Morgan fingerprint density at radius 2 is 2.18 bits per heavy atom. The number of benzene rings is 1. The second-order valence-electron chi connectivity index (χ2n) is 6.56. The Balaban J connectivity index is 1.60. The Morgan fingerprint density at radius 3 is 2.86 bits per heavy atom. The molecule has 0 radical (unpaired) electrons. The van der Waals surface area contributed by atoms with Crippen LogP contribution in [0, 0.1) is 11.7 Å². The Kier molecular flexibility index (Phi) is 4.77. The highest BCUT2D eigenvalue weighted by molar-refractivity contribution is 5.79. The zero-order valence-electron chi connectivity index (χ0n) is 13.3. The number of rotatable bonds is 5. The van der Waals surface area contributed by atoms with Gasteiger partial charge < -0.3 is 4.90 Å². The van der Waals surface area contributed by atoms with Gasteiger partial charge in [0.15, 0.2) is 0 Å². The van der Waals surface area contributed by atoms with Crippen molar-refractivity contribution in [1.82, 2.24) is 9.80 Å². The number of halogens is 1. The molecule has 3 nitrogen and oxygen atoms in total. The average molecular weight is 304 g/mol. The zero-order chi connectivity index (χ0) is 15.5. The lowest BCUT2D eigenvalue weighted by Crippen LogP contribution is -2.45. The summed E-state index contributed by atoms with van der Waals surface area (Å²) in [4.78, 5) is 17.1. The van der Waals surface area contributed by atoms with Gasteiger partial charge in [-0.25, -0.2) is 4.39 Å². The summed E-state index contributed by atoms with van der Waals surface area (Å²) in [6, 6.07) is 7.27. The van der Waals surface area contributed by atoms with Crippen LogP contribution < -0.4 is 0 Å². The minimum atomic E-state index is -0.187. The number of likely N-dealkylation sites (tertiary alicyclic amines) is 1. The van der Waals surface area contributed by atoms with Gasteiger partial charge in [0.05, 0.1) is 5.92 Å². The summed E-state index contributed by atoms with van der Waals surface area (Å²) in [5.74, 6) is 0.254. The molecular weight excluding hydrogens is 279 g/mol. The first-order valence-corrected chi connectivity index (χ1v) is 8.44. The quantitative estimate of drug-likeness (QED) is 0.835. The van der Waals surface area contributed by atoms with Crippen LogP contribution in [0.5, 0.6) is 0 Å². The maximum absolute atomic E-state index is 13.3. The van der Waals surface area contributed by atoms with Crippen LogP contribution in [0.1, 0.15) is 38.2 Å². The number of carbonyl (C=O) groups is 1. The molecule has 1 saturated carbocycles. The molecule has 1 aromatic rings. The standard InChI is InChI=1S/C18H25FN2O/c1-2-21(17-8-9-17)18(22)15-6-4-10-20(13-15)12-14-5-3-7-16(19)11-14/h3,5,7,11,15,17H,2,4,6,8-10,12-13H2,1H3/t15-/m1/s1. The molecule has 2 aliphatic rings. The third-order valence-electron chi connectivity index (χ3n) is 4.76. The van der Waals surface area contributed by atoms with Gasteiger partial charge in [0.1, 0.15) is 5.82 Å². The van der Waals surface area contributed by atoms with Gasteiger partial charge in [-0.2, -0.15) is 0 Å². The molecule has 2 fully saturated rings. The van der Waals surface area contributed by atoms with Crippen molar-refractivity contribution in [1.29, 1.82) is 0 Å². The molecule has 0 aromatic heterocycles. The molecule has 1 amide bonds. The first-order chi connectivity index (χ1) is 10.7. The predicted octanol–water partition coefficient (Wildman–Crippen LogP) is 3.05. The summed E-state index contributed by atoms with van der Waals surface area (Å²) in [5.41, 5.74) is 0.989. The third-order valence-corrected chi connectivity index (χ3v) is 4.76. The summed E-state index contributed by atoms with van der Waals surface area (Å²) < 4.78 is 13.3. The summed E-state index contributed by atoms with van der Waals surface area (Å²) in [5, 5.41) is 0. The van der Waals surface area contributed by atoms with E-state index in [-0.39, 0.29) is 11.7 Å². The summed E-state index contributed by atoms with van der Waals surface area (Å²) in [7, 11) is 0. The van der Waals surface area contributed by atoms with Crippen LogP contribution in [-0.2, 0) is 11.3 Å². The number of carbonyl (C=O) groups excluding carboxylic acids is 1. The second kappa shape index (κ2) is 6.78. The number of piperidine rings is 1. The van der Waals surface area contributed by atoms with Crippen LogP contribution in [-0.4, -0.2) is 41.4 Å². The van der Waals surface area contributed by atoms with E-state index in [4.69, 9.17) is 0 Å². The zero-order valence-corrected chi connectivity index (χ0v) is 13.3. The van der Waals surface area contributed by atoms with Gasteiger partial charge in [-0.1, -0.05) is 12.1 Å². The molecule has 4 heteroatoms. The highest BCUT2D eigenvalue weighted by Crippen LogP contribution is 2.30. The summed E-state index contributed by atoms with van der Waals surface area (Å²) in [6.07, 6.45) is 4.37. The molecular formula is C18H25FN2O. The highest BCUT2D eigenvalue weighted by Gasteiger charge is 2.36. The summed E-state index contributed by atoms with van der Waals surface area (Å²) in [6.45, 7) is 5.43. The minimum Gasteiger partial charge on any atom is -0.340 e.